The summed E-state index contributed by atoms with van der Waals surface area (Å²) in [5.74, 6) is -0.0977. The average molecular weight is 326 g/mol. The molecule has 2 saturated heterocycles. The first-order chi connectivity index (χ1) is 10.1. The van der Waals surface area contributed by atoms with Crippen LogP contribution in [0.15, 0.2) is 24.3 Å². The second kappa shape index (κ2) is 6.62. The maximum Gasteiger partial charge on any atom is 0.270 e. The van der Waals surface area contributed by atoms with Gasteiger partial charge in [-0.3, -0.25) is 14.9 Å². The van der Waals surface area contributed by atoms with Gasteiger partial charge in [-0.05, 0) is 37.3 Å². The van der Waals surface area contributed by atoms with Crippen molar-refractivity contribution in [2.75, 3.05) is 26.2 Å². The second-order valence-electron chi connectivity index (χ2n) is 6.03. The minimum Gasteiger partial charge on any atom is -0.339 e. The molecular formula is C15H20ClN3O3. The number of nitrogens with zero attached hydrogens (tertiary/aromatic N) is 2. The molecule has 0 unspecified atom stereocenters. The van der Waals surface area contributed by atoms with E-state index in [4.69, 9.17) is 0 Å². The van der Waals surface area contributed by atoms with Crippen LogP contribution in [0.4, 0.5) is 5.69 Å². The van der Waals surface area contributed by atoms with Crippen LogP contribution in [-0.2, 0) is 0 Å². The van der Waals surface area contributed by atoms with Gasteiger partial charge in [0.1, 0.15) is 0 Å². The van der Waals surface area contributed by atoms with Crippen LogP contribution in [0.3, 0.4) is 0 Å². The van der Waals surface area contributed by atoms with Crippen molar-refractivity contribution in [2.45, 2.75) is 19.3 Å². The molecule has 1 aromatic carbocycles. The van der Waals surface area contributed by atoms with Crippen LogP contribution in [0.5, 0.6) is 0 Å². The molecule has 1 N–H and O–H groups in total. The largest absolute Gasteiger partial charge is 0.339 e. The predicted molar refractivity (Wildman–Crippen MR) is 85.4 cm³/mol. The highest BCUT2D eigenvalue weighted by molar-refractivity contribution is 5.94. The Bertz CT molecular complexity index is 563. The van der Waals surface area contributed by atoms with E-state index in [1.54, 1.807) is 12.1 Å². The van der Waals surface area contributed by atoms with Gasteiger partial charge in [0, 0.05) is 37.3 Å². The summed E-state index contributed by atoms with van der Waals surface area (Å²) in [6, 6.07) is 5.99. The Morgan fingerprint density at radius 3 is 2.59 bits per heavy atom. The summed E-state index contributed by atoms with van der Waals surface area (Å²) < 4.78 is 0. The lowest BCUT2D eigenvalue weighted by Gasteiger charge is -2.38. The topological polar surface area (TPSA) is 75.5 Å². The average Bonchev–Trinajstić information content (AvgIpc) is 2.96. The van der Waals surface area contributed by atoms with Crippen molar-refractivity contribution in [3.8, 4) is 0 Å². The van der Waals surface area contributed by atoms with Gasteiger partial charge >= 0.3 is 0 Å². The van der Waals surface area contributed by atoms with Gasteiger partial charge in [-0.15, -0.1) is 12.4 Å². The number of hydrogen-bond acceptors (Lipinski definition) is 4. The van der Waals surface area contributed by atoms with Crippen LogP contribution in [0, 0.1) is 15.5 Å². The van der Waals surface area contributed by atoms with Crippen LogP contribution >= 0.6 is 12.4 Å². The Kier molecular flexibility index (Phi) is 5.03. The quantitative estimate of drug-likeness (QED) is 0.668. The van der Waals surface area contributed by atoms with E-state index in [0.717, 1.165) is 39.0 Å². The van der Waals surface area contributed by atoms with Gasteiger partial charge in [0.15, 0.2) is 0 Å². The number of nitrogens with one attached hydrogen (secondary N) is 1. The summed E-state index contributed by atoms with van der Waals surface area (Å²) in [6.45, 7) is 3.59. The van der Waals surface area contributed by atoms with E-state index in [2.05, 4.69) is 5.32 Å². The molecule has 1 aromatic rings. The lowest BCUT2D eigenvalue weighted by Crippen LogP contribution is -2.44. The number of nitro benzene ring substituents is 1. The third-order valence-corrected chi connectivity index (χ3v) is 4.75. The van der Waals surface area contributed by atoms with Crippen molar-refractivity contribution in [3.63, 3.8) is 0 Å². The van der Waals surface area contributed by atoms with Gasteiger partial charge in [-0.1, -0.05) is 6.07 Å². The van der Waals surface area contributed by atoms with E-state index in [0.29, 0.717) is 11.0 Å². The summed E-state index contributed by atoms with van der Waals surface area (Å²) in [5, 5.41) is 14.2. The number of rotatable bonds is 2. The monoisotopic (exact) mass is 325 g/mol. The molecule has 120 valence electrons. The second-order valence-corrected chi connectivity index (χ2v) is 6.03. The molecular weight excluding hydrogens is 306 g/mol. The van der Waals surface area contributed by atoms with E-state index in [1.807, 2.05) is 4.90 Å². The Hall–Kier alpha value is -1.66. The lowest BCUT2D eigenvalue weighted by molar-refractivity contribution is -0.384. The third kappa shape index (κ3) is 3.23. The molecule has 22 heavy (non-hydrogen) atoms. The molecule has 0 aromatic heterocycles. The molecule has 0 radical (unpaired) electrons. The molecule has 2 heterocycles. The fraction of sp³-hybridized carbons (Fsp3) is 0.533. The summed E-state index contributed by atoms with van der Waals surface area (Å²) >= 11 is 0. The third-order valence-electron chi connectivity index (χ3n) is 4.75. The van der Waals surface area contributed by atoms with E-state index in [-0.39, 0.29) is 24.0 Å². The van der Waals surface area contributed by atoms with E-state index < -0.39 is 4.92 Å². The van der Waals surface area contributed by atoms with Gasteiger partial charge in [-0.25, -0.2) is 0 Å². The zero-order valence-corrected chi connectivity index (χ0v) is 13.1. The number of hydrogen-bond donors (Lipinski definition) is 1. The zero-order chi connectivity index (χ0) is 14.9. The minimum atomic E-state index is -0.466. The molecule has 0 saturated carbocycles. The van der Waals surface area contributed by atoms with Crippen LogP contribution in [0.2, 0.25) is 0 Å². The molecule has 7 heteroatoms. The van der Waals surface area contributed by atoms with Crippen LogP contribution in [0.25, 0.3) is 0 Å². The first kappa shape index (κ1) is 16.7. The van der Waals surface area contributed by atoms with Crippen molar-refractivity contribution < 1.29 is 9.72 Å². The predicted octanol–water partition coefficient (Wildman–Crippen LogP) is 2.23. The highest BCUT2D eigenvalue weighted by atomic mass is 35.5. The Labute approximate surface area is 135 Å². The van der Waals surface area contributed by atoms with Gasteiger partial charge in [-0.2, -0.15) is 0 Å². The first-order valence-corrected chi connectivity index (χ1v) is 7.34. The number of piperidine rings is 1. The fourth-order valence-electron chi connectivity index (χ4n) is 3.34. The van der Waals surface area contributed by atoms with Crippen LogP contribution in [-0.4, -0.2) is 41.9 Å². The Morgan fingerprint density at radius 2 is 2.00 bits per heavy atom. The number of amides is 1. The van der Waals surface area contributed by atoms with E-state index in [1.165, 1.54) is 18.6 Å². The summed E-state index contributed by atoms with van der Waals surface area (Å²) in [6.07, 6.45) is 3.22. The van der Waals surface area contributed by atoms with Crippen molar-refractivity contribution in [1.82, 2.24) is 10.2 Å². The number of likely N-dealkylation sites (tertiary alicyclic amines) is 1. The Morgan fingerprint density at radius 1 is 1.27 bits per heavy atom. The van der Waals surface area contributed by atoms with Crippen LogP contribution < -0.4 is 5.32 Å². The number of benzene rings is 1. The van der Waals surface area contributed by atoms with Crippen LogP contribution in [0.1, 0.15) is 29.6 Å². The molecule has 1 spiro atoms. The SMILES string of the molecule is Cl.O=C(c1cccc([N+](=O)[O-])c1)N1CCC2(CCNC2)CC1. The van der Waals surface area contributed by atoms with Crippen molar-refractivity contribution in [1.29, 1.82) is 0 Å². The molecule has 0 atom stereocenters. The zero-order valence-electron chi connectivity index (χ0n) is 12.3. The summed E-state index contributed by atoms with van der Waals surface area (Å²) in [5.41, 5.74) is 0.735. The van der Waals surface area contributed by atoms with E-state index >= 15 is 0 Å². The molecule has 0 aliphatic carbocycles. The first-order valence-electron chi connectivity index (χ1n) is 7.34. The molecule has 3 rings (SSSR count). The minimum absolute atomic E-state index is 0. The van der Waals surface area contributed by atoms with Gasteiger partial charge in [0.05, 0.1) is 4.92 Å². The van der Waals surface area contributed by atoms with Gasteiger partial charge in [0.25, 0.3) is 11.6 Å². The highest BCUT2D eigenvalue weighted by Crippen LogP contribution is 2.37. The molecule has 1 amide bonds. The Balaban J connectivity index is 0.00000176. The van der Waals surface area contributed by atoms with Gasteiger partial charge in [0.2, 0.25) is 0 Å². The molecule has 0 bridgehead atoms. The molecule has 6 nitrogen and oxygen atoms in total. The molecule has 2 aliphatic rings. The molecule has 2 aliphatic heterocycles. The van der Waals surface area contributed by atoms with Crippen molar-refractivity contribution in [2.24, 2.45) is 5.41 Å². The van der Waals surface area contributed by atoms with Crippen molar-refractivity contribution >= 4 is 24.0 Å². The summed E-state index contributed by atoms with van der Waals surface area (Å²) in [7, 11) is 0. The number of halogens is 1. The maximum atomic E-state index is 12.5. The number of carbonyl (C=O) groups is 1. The van der Waals surface area contributed by atoms with Gasteiger partial charge < -0.3 is 10.2 Å². The summed E-state index contributed by atoms with van der Waals surface area (Å²) in [4.78, 5) is 24.6. The fourth-order valence-corrected chi connectivity index (χ4v) is 3.34. The van der Waals surface area contributed by atoms with Crippen molar-refractivity contribution in [3.05, 3.63) is 39.9 Å². The normalized spacial score (nSPS) is 19.7. The van der Waals surface area contributed by atoms with E-state index in [9.17, 15) is 14.9 Å². The number of nitro groups is 1. The maximum absolute atomic E-state index is 12.5. The smallest absolute Gasteiger partial charge is 0.270 e. The molecule has 2 fully saturated rings. The highest BCUT2D eigenvalue weighted by Gasteiger charge is 2.38. The number of carbonyl (C=O) groups excluding carboxylic acids is 1. The standard InChI is InChI=1S/C15H19N3O3.ClH/c19-14(12-2-1-3-13(10-12)18(20)21)17-8-5-15(6-9-17)4-7-16-11-15;/h1-3,10,16H,4-9,11H2;1H. The number of non-ortho nitro benzene ring substituents is 1. The lowest BCUT2D eigenvalue weighted by atomic mass is 9.78.